The molecular weight excluding hydrogens is 449 g/mol. The summed E-state index contributed by atoms with van der Waals surface area (Å²) in [5, 5.41) is 15.3. The van der Waals surface area contributed by atoms with Gasteiger partial charge < -0.3 is 10.6 Å². The molecule has 0 heterocycles. The van der Waals surface area contributed by atoms with E-state index >= 15 is 0 Å². The third-order valence-corrected chi connectivity index (χ3v) is 5.53. The summed E-state index contributed by atoms with van der Waals surface area (Å²) in [6, 6.07) is 16.0. The number of rotatable bonds is 5. The number of nitrogens with one attached hydrogen (secondary N) is 2. The molecule has 0 aromatic heterocycles. The minimum absolute atomic E-state index is 0.0540. The standard InChI is InChI=1S/C22H22IN3O/c1-15(17-7-6-16-4-2-3-5-18(16)12-17)26-22(27)19(13-24)14-25-21-10-8-20(23)9-11-21/h6-12,14-15,25H,2-5H2,1H3,(H,26,27)/b19-14-. The topological polar surface area (TPSA) is 64.9 Å². The molecule has 0 aliphatic heterocycles. The van der Waals surface area contributed by atoms with Crippen LogP contribution in [0, 0.1) is 14.9 Å². The van der Waals surface area contributed by atoms with Gasteiger partial charge in [0.15, 0.2) is 0 Å². The van der Waals surface area contributed by atoms with Crippen molar-refractivity contribution in [1.29, 1.82) is 5.26 Å². The van der Waals surface area contributed by atoms with E-state index in [1.54, 1.807) is 0 Å². The summed E-state index contributed by atoms with van der Waals surface area (Å²) < 4.78 is 1.12. The molecule has 0 saturated carbocycles. The van der Waals surface area contributed by atoms with Crippen molar-refractivity contribution in [2.24, 2.45) is 0 Å². The van der Waals surface area contributed by atoms with Gasteiger partial charge in [0.1, 0.15) is 11.6 Å². The van der Waals surface area contributed by atoms with Crippen LogP contribution in [0.5, 0.6) is 0 Å². The second-order valence-corrected chi connectivity index (χ2v) is 8.00. The van der Waals surface area contributed by atoms with Crippen molar-refractivity contribution in [3.63, 3.8) is 0 Å². The maximum Gasteiger partial charge on any atom is 0.263 e. The summed E-state index contributed by atoms with van der Waals surface area (Å²) in [4.78, 5) is 12.5. The second-order valence-electron chi connectivity index (χ2n) is 6.75. The Labute approximate surface area is 173 Å². The summed E-state index contributed by atoms with van der Waals surface area (Å²) in [6.45, 7) is 1.95. The highest BCUT2D eigenvalue weighted by atomic mass is 127. The van der Waals surface area contributed by atoms with Gasteiger partial charge in [-0.2, -0.15) is 5.26 Å². The number of carbonyl (C=O) groups excluding carboxylic acids is 1. The van der Waals surface area contributed by atoms with E-state index in [2.05, 4.69) is 51.4 Å². The van der Waals surface area contributed by atoms with Gasteiger partial charge in [0.05, 0.1) is 6.04 Å². The van der Waals surface area contributed by atoms with Gasteiger partial charge in [0, 0.05) is 15.5 Å². The van der Waals surface area contributed by atoms with Crippen LogP contribution >= 0.6 is 22.6 Å². The molecule has 0 fully saturated rings. The molecule has 27 heavy (non-hydrogen) atoms. The van der Waals surface area contributed by atoms with Crippen LogP contribution in [0.1, 0.15) is 42.5 Å². The van der Waals surface area contributed by atoms with Crippen molar-refractivity contribution in [2.75, 3.05) is 5.32 Å². The smallest absolute Gasteiger partial charge is 0.263 e. The maximum atomic E-state index is 12.5. The summed E-state index contributed by atoms with van der Waals surface area (Å²) in [5.41, 5.74) is 4.77. The first-order valence-corrected chi connectivity index (χ1v) is 10.2. The molecule has 1 unspecified atom stereocenters. The monoisotopic (exact) mass is 471 g/mol. The predicted octanol–water partition coefficient (Wildman–Crippen LogP) is 4.87. The normalized spacial score (nSPS) is 14.6. The summed E-state index contributed by atoms with van der Waals surface area (Å²) >= 11 is 2.23. The van der Waals surface area contributed by atoms with Crippen LogP contribution in [0.4, 0.5) is 5.69 Å². The number of amides is 1. The average molecular weight is 471 g/mol. The first-order valence-electron chi connectivity index (χ1n) is 9.12. The summed E-state index contributed by atoms with van der Waals surface area (Å²) in [7, 11) is 0. The molecular formula is C22H22IN3O. The first-order chi connectivity index (χ1) is 13.1. The van der Waals surface area contributed by atoms with E-state index in [1.165, 1.54) is 30.2 Å². The Bertz CT molecular complexity index is 897. The zero-order chi connectivity index (χ0) is 19.2. The number of hydrogen-bond acceptors (Lipinski definition) is 3. The van der Waals surface area contributed by atoms with Crippen molar-refractivity contribution >= 4 is 34.2 Å². The fourth-order valence-corrected chi connectivity index (χ4v) is 3.59. The lowest BCUT2D eigenvalue weighted by atomic mass is 9.89. The zero-order valence-corrected chi connectivity index (χ0v) is 17.4. The van der Waals surface area contributed by atoms with E-state index in [-0.39, 0.29) is 17.5 Å². The highest BCUT2D eigenvalue weighted by Crippen LogP contribution is 2.25. The fraction of sp³-hybridized carbons (Fsp3) is 0.273. The van der Waals surface area contributed by atoms with Crippen molar-refractivity contribution in [3.05, 3.63) is 74.5 Å². The van der Waals surface area contributed by atoms with Gasteiger partial charge in [-0.25, -0.2) is 0 Å². The Morgan fingerprint density at radius 1 is 1.15 bits per heavy atom. The van der Waals surface area contributed by atoms with E-state index in [0.717, 1.165) is 27.7 Å². The molecule has 0 spiro atoms. The van der Waals surface area contributed by atoms with E-state index in [9.17, 15) is 10.1 Å². The highest BCUT2D eigenvalue weighted by molar-refractivity contribution is 14.1. The molecule has 2 aromatic carbocycles. The Kier molecular flexibility index (Phi) is 6.51. The van der Waals surface area contributed by atoms with Crippen LogP contribution in [-0.2, 0) is 17.6 Å². The highest BCUT2D eigenvalue weighted by Gasteiger charge is 2.16. The summed E-state index contributed by atoms with van der Waals surface area (Å²) in [6.07, 6.45) is 6.18. The Morgan fingerprint density at radius 3 is 2.56 bits per heavy atom. The number of nitrogens with zero attached hydrogens (tertiary/aromatic N) is 1. The lowest BCUT2D eigenvalue weighted by Crippen LogP contribution is -2.28. The zero-order valence-electron chi connectivity index (χ0n) is 15.3. The lowest BCUT2D eigenvalue weighted by molar-refractivity contribution is -0.117. The molecule has 1 aliphatic carbocycles. The third-order valence-electron chi connectivity index (χ3n) is 4.81. The number of hydrogen-bond donors (Lipinski definition) is 2. The number of carbonyl (C=O) groups is 1. The van der Waals surface area contributed by atoms with E-state index in [0.29, 0.717) is 0 Å². The Balaban J connectivity index is 1.66. The molecule has 1 aliphatic rings. The van der Waals surface area contributed by atoms with Crippen molar-refractivity contribution < 1.29 is 4.79 Å². The Hall–Kier alpha value is -2.33. The van der Waals surface area contributed by atoms with E-state index in [4.69, 9.17) is 0 Å². The molecule has 5 heteroatoms. The predicted molar refractivity (Wildman–Crippen MR) is 116 cm³/mol. The first kappa shape index (κ1) is 19.4. The maximum absolute atomic E-state index is 12.5. The van der Waals surface area contributed by atoms with Crippen LogP contribution in [-0.4, -0.2) is 5.91 Å². The van der Waals surface area contributed by atoms with Gasteiger partial charge in [-0.05, 0) is 96.2 Å². The molecule has 3 rings (SSSR count). The van der Waals surface area contributed by atoms with E-state index in [1.807, 2.05) is 37.3 Å². The Morgan fingerprint density at radius 2 is 1.85 bits per heavy atom. The van der Waals surface area contributed by atoms with Crippen LogP contribution < -0.4 is 10.6 Å². The minimum Gasteiger partial charge on any atom is -0.360 e. The van der Waals surface area contributed by atoms with Gasteiger partial charge >= 0.3 is 0 Å². The van der Waals surface area contributed by atoms with Crippen molar-refractivity contribution in [1.82, 2.24) is 5.32 Å². The number of aryl methyl sites for hydroxylation is 2. The number of nitriles is 1. The number of anilines is 1. The fourth-order valence-electron chi connectivity index (χ4n) is 3.23. The second kappa shape index (κ2) is 9.05. The lowest BCUT2D eigenvalue weighted by Gasteiger charge is -2.20. The average Bonchev–Trinajstić information content (AvgIpc) is 2.69. The number of benzene rings is 2. The van der Waals surface area contributed by atoms with Crippen LogP contribution in [0.25, 0.3) is 0 Å². The number of halogens is 1. The molecule has 1 amide bonds. The van der Waals surface area contributed by atoms with Gasteiger partial charge in [-0.3, -0.25) is 4.79 Å². The quantitative estimate of drug-likeness (QED) is 0.372. The van der Waals surface area contributed by atoms with Crippen molar-refractivity contribution in [2.45, 2.75) is 38.6 Å². The van der Waals surface area contributed by atoms with Crippen LogP contribution in [0.2, 0.25) is 0 Å². The largest absolute Gasteiger partial charge is 0.360 e. The van der Waals surface area contributed by atoms with Gasteiger partial charge in [0.25, 0.3) is 5.91 Å². The van der Waals surface area contributed by atoms with Crippen LogP contribution in [0.15, 0.2) is 54.2 Å². The molecule has 2 N–H and O–H groups in total. The molecule has 4 nitrogen and oxygen atoms in total. The molecule has 1 atom stereocenters. The molecule has 0 saturated heterocycles. The van der Waals surface area contributed by atoms with Crippen molar-refractivity contribution in [3.8, 4) is 6.07 Å². The van der Waals surface area contributed by atoms with Gasteiger partial charge in [-0.1, -0.05) is 18.2 Å². The molecule has 2 aromatic rings. The molecule has 0 bridgehead atoms. The third kappa shape index (κ3) is 5.10. The van der Waals surface area contributed by atoms with Gasteiger partial charge in [0.2, 0.25) is 0 Å². The van der Waals surface area contributed by atoms with Crippen LogP contribution in [0.3, 0.4) is 0 Å². The minimum atomic E-state index is -0.374. The molecule has 138 valence electrons. The summed E-state index contributed by atoms with van der Waals surface area (Å²) in [5.74, 6) is -0.374. The van der Waals surface area contributed by atoms with E-state index < -0.39 is 0 Å². The number of fused-ring (bicyclic) bond motifs is 1. The SMILES string of the molecule is CC(NC(=O)/C(C#N)=C\Nc1ccc(I)cc1)c1ccc2c(c1)CCCC2. The molecule has 0 radical (unpaired) electrons. The van der Waals surface area contributed by atoms with Gasteiger partial charge in [-0.15, -0.1) is 0 Å².